The third-order valence-corrected chi connectivity index (χ3v) is 4.77. The molecule has 0 bridgehead atoms. The van der Waals surface area contributed by atoms with E-state index in [-0.39, 0.29) is 18.2 Å². The summed E-state index contributed by atoms with van der Waals surface area (Å²) in [4.78, 5) is 28.8. The first kappa shape index (κ1) is 20.1. The van der Waals surface area contributed by atoms with E-state index in [1.807, 2.05) is 6.92 Å². The third-order valence-electron chi connectivity index (χ3n) is 3.97. The van der Waals surface area contributed by atoms with Crippen LogP contribution in [-0.2, 0) is 11.2 Å². The Morgan fingerprint density at radius 1 is 1.42 bits per heavy atom. The van der Waals surface area contributed by atoms with Crippen LogP contribution in [0.15, 0.2) is 22.1 Å². The molecular formula is C18H26N4O3S. The molecule has 0 saturated carbocycles. The number of furan rings is 1. The molecule has 2 aromatic rings. The van der Waals surface area contributed by atoms with Gasteiger partial charge in [-0.15, -0.1) is 11.3 Å². The van der Waals surface area contributed by atoms with Crippen molar-refractivity contribution in [3.63, 3.8) is 0 Å². The van der Waals surface area contributed by atoms with E-state index in [0.717, 1.165) is 6.42 Å². The Morgan fingerprint density at radius 3 is 2.73 bits per heavy atom. The Kier molecular flexibility index (Phi) is 6.55. The molecule has 0 aliphatic carbocycles. The summed E-state index contributed by atoms with van der Waals surface area (Å²) in [5.41, 5.74) is 6.47. The molecule has 0 aromatic carbocycles. The number of rotatable bonds is 8. The van der Waals surface area contributed by atoms with Crippen molar-refractivity contribution in [2.75, 3.05) is 11.9 Å². The van der Waals surface area contributed by atoms with E-state index in [9.17, 15) is 9.59 Å². The average Bonchev–Trinajstić information content (AvgIpc) is 3.15. The molecule has 1 atom stereocenters. The molecule has 4 N–H and O–H groups in total. The lowest BCUT2D eigenvalue weighted by Gasteiger charge is -2.31. The minimum Gasteiger partial charge on any atom is -0.469 e. The smallest absolute Gasteiger partial charge is 0.260 e. The number of thiazole rings is 1. The molecule has 7 nitrogen and oxygen atoms in total. The molecule has 2 amide bonds. The maximum atomic E-state index is 12.3. The summed E-state index contributed by atoms with van der Waals surface area (Å²) in [5, 5.41) is 7.93. The van der Waals surface area contributed by atoms with Crippen molar-refractivity contribution in [2.45, 2.75) is 46.1 Å². The highest BCUT2D eigenvalue weighted by Gasteiger charge is 2.26. The van der Waals surface area contributed by atoms with E-state index >= 15 is 0 Å². The highest BCUT2D eigenvalue weighted by molar-refractivity contribution is 7.14. The number of carbonyl (C=O) groups is 2. The lowest BCUT2D eigenvalue weighted by Crippen LogP contribution is -2.52. The van der Waals surface area contributed by atoms with Crippen LogP contribution >= 0.6 is 11.3 Å². The summed E-state index contributed by atoms with van der Waals surface area (Å²) in [6.07, 6.45) is 2.41. The second-order valence-electron chi connectivity index (χ2n) is 7.08. The van der Waals surface area contributed by atoms with Crippen molar-refractivity contribution >= 4 is 28.3 Å². The molecule has 142 valence electrons. The van der Waals surface area contributed by atoms with Gasteiger partial charge in [0.15, 0.2) is 5.13 Å². The van der Waals surface area contributed by atoms with Crippen molar-refractivity contribution in [1.29, 1.82) is 0 Å². The minimum atomic E-state index is -0.433. The van der Waals surface area contributed by atoms with Crippen molar-refractivity contribution in [1.82, 2.24) is 10.3 Å². The van der Waals surface area contributed by atoms with Gasteiger partial charge in [0.25, 0.3) is 5.91 Å². The number of nitrogens with one attached hydrogen (secondary N) is 2. The highest BCUT2D eigenvalue weighted by atomic mass is 32.1. The summed E-state index contributed by atoms with van der Waals surface area (Å²) in [5.74, 6) is 0.558. The molecule has 2 aromatic heterocycles. The lowest BCUT2D eigenvalue weighted by atomic mass is 9.90. The molecule has 0 spiro atoms. The number of nitrogens with zero attached hydrogens (tertiary/aromatic N) is 1. The maximum absolute atomic E-state index is 12.3. The van der Waals surface area contributed by atoms with E-state index in [1.54, 1.807) is 18.4 Å². The largest absolute Gasteiger partial charge is 0.469 e. The Morgan fingerprint density at radius 2 is 2.15 bits per heavy atom. The van der Waals surface area contributed by atoms with Gasteiger partial charge in [-0.25, -0.2) is 4.98 Å². The minimum absolute atomic E-state index is 0.132. The van der Waals surface area contributed by atoms with E-state index in [2.05, 4.69) is 29.5 Å². The summed E-state index contributed by atoms with van der Waals surface area (Å²) in [6, 6.07) is 1.61. The topological polar surface area (TPSA) is 110 Å². The van der Waals surface area contributed by atoms with Crippen LogP contribution < -0.4 is 16.4 Å². The van der Waals surface area contributed by atoms with Gasteiger partial charge < -0.3 is 15.5 Å². The van der Waals surface area contributed by atoms with Gasteiger partial charge in [0.2, 0.25) is 5.91 Å². The van der Waals surface area contributed by atoms with Gasteiger partial charge >= 0.3 is 0 Å². The Bertz CT molecular complexity index is 768. The fourth-order valence-electron chi connectivity index (χ4n) is 2.86. The molecule has 0 fully saturated rings. The molecule has 8 heteroatoms. The van der Waals surface area contributed by atoms with Gasteiger partial charge in [-0.05, 0) is 32.3 Å². The van der Waals surface area contributed by atoms with Crippen molar-refractivity contribution in [3.05, 3.63) is 34.7 Å². The van der Waals surface area contributed by atoms with Crippen molar-refractivity contribution in [2.24, 2.45) is 11.7 Å². The zero-order valence-corrected chi connectivity index (χ0v) is 16.4. The molecule has 0 aliphatic heterocycles. The van der Waals surface area contributed by atoms with Crippen LogP contribution in [0.4, 0.5) is 5.13 Å². The average molecular weight is 378 g/mol. The van der Waals surface area contributed by atoms with Crippen LogP contribution in [0.1, 0.15) is 49.0 Å². The van der Waals surface area contributed by atoms with Gasteiger partial charge in [0.1, 0.15) is 5.76 Å². The Labute approximate surface area is 157 Å². The first-order valence-electron chi connectivity index (χ1n) is 8.53. The zero-order valence-electron chi connectivity index (χ0n) is 15.6. The Hall–Kier alpha value is -2.19. The molecule has 1 unspecified atom stereocenters. The van der Waals surface area contributed by atoms with Crippen LogP contribution in [0.2, 0.25) is 0 Å². The van der Waals surface area contributed by atoms with Crippen LogP contribution in [0.3, 0.4) is 0 Å². The van der Waals surface area contributed by atoms with Crippen LogP contribution in [-0.4, -0.2) is 28.9 Å². The van der Waals surface area contributed by atoms with Gasteiger partial charge in [-0.3, -0.25) is 14.9 Å². The second kappa shape index (κ2) is 8.46. The van der Waals surface area contributed by atoms with E-state index in [1.165, 1.54) is 17.6 Å². The van der Waals surface area contributed by atoms with Crippen LogP contribution in [0.25, 0.3) is 0 Å². The van der Waals surface area contributed by atoms with Crippen molar-refractivity contribution in [3.8, 4) is 0 Å². The molecular weight excluding hydrogens is 352 g/mol. The standard InChI is InChI=1S/C18H26N4O3S/c1-11(2)8-18(4,10-19)22-15(23)7-13-9-26-17(20-13)21-16(24)14-5-6-25-12(14)3/h5-6,9,11H,7-8,10,19H2,1-4H3,(H,22,23)(H,20,21,24). The number of hydrogen-bond donors (Lipinski definition) is 3. The molecule has 2 heterocycles. The number of anilines is 1. The second-order valence-corrected chi connectivity index (χ2v) is 7.93. The molecule has 0 radical (unpaired) electrons. The normalized spacial score (nSPS) is 13.5. The van der Waals surface area contributed by atoms with Gasteiger partial charge in [-0.2, -0.15) is 0 Å². The number of hydrogen-bond acceptors (Lipinski definition) is 6. The van der Waals surface area contributed by atoms with Crippen molar-refractivity contribution < 1.29 is 14.0 Å². The maximum Gasteiger partial charge on any atom is 0.260 e. The SMILES string of the molecule is Cc1occc1C(=O)Nc1nc(CC(=O)NC(C)(CN)CC(C)C)cs1. The van der Waals surface area contributed by atoms with E-state index in [4.69, 9.17) is 10.2 Å². The molecule has 0 aliphatic rings. The highest BCUT2D eigenvalue weighted by Crippen LogP contribution is 2.19. The van der Waals surface area contributed by atoms with Gasteiger partial charge in [-0.1, -0.05) is 13.8 Å². The molecule has 2 rings (SSSR count). The number of nitrogens with two attached hydrogens (primary N) is 1. The first-order chi connectivity index (χ1) is 12.2. The molecule has 0 saturated heterocycles. The first-order valence-corrected chi connectivity index (χ1v) is 9.41. The number of aryl methyl sites for hydroxylation is 1. The van der Waals surface area contributed by atoms with E-state index < -0.39 is 5.54 Å². The van der Waals surface area contributed by atoms with Crippen LogP contribution in [0, 0.1) is 12.8 Å². The quantitative estimate of drug-likeness (QED) is 0.654. The number of amides is 2. The monoisotopic (exact) mass is 378 g/mol. The summed E-state index contributed by atoms with van der Waals surface area (Å²) < 4.78 is 5.12. The number of aromatic nitrogens is 1. The van der Waals surface area contributed by atoms with Gasteiger partial charge in [0.05, 0.1) is 23.9 Å². The third kappa shape index (κ3) is 5.40. The van der Waals surface area contributed by atoms with E-state index in [0.29, 0.717) is 34.6 Å². The Balaban J connectivity index is 1.94. The van der Waals surface area contributed by atoms with Gasteiger partial charge in [0, 0.05) is 17.5 Å². The summed E-state index contributed by atoms with van der Waals surface area (Å²) in [6.45, 7) is 8.23. The number of carbonyl (C=O) groups excluding carboxylic acids is 2. The molecule has 26 heavy (non-hydrogen) atoms. The fraction of sp³-hybridized carbons (Fsp3) is 0.500. The predicted molar refractivity (Wildman–Crippen MR) is 102 cm³/mol. The fourth-order valence-corrected chi connectivity index (χ4v) is 3.57. The van der Waals surface area contributed by atoms with Crippen LogP contribution in [0.5, 0.6) is 0 Å². The lowest BCUT2D eigenvalue weighted by molar-refractivity contribution is -0.122. The summed E-state index contributed by atoms with van der Waals surface area (Å²) in [7, 11) is 0. The summed E-state index contributed by atoms with van der Waals surface area (Å²) >= 11 is 1.28. The predicted octanol–water partition coefficient (Wildman–Crippen LogP) is 2.72. The zero-order chi connectivity index (χ0) is 19.3.